The molecule has 1 radical (unpaired) electrons. The fraction of sp³-hybridized carbons (Fsp3) is 0.357. The fourth-order valence-corrected chi connectivity index (χ4v) is 2.91. The van der Waals surface area contributed by atoms with Crippen molar-refractivity contribution in [2.75, 3.05) is 31.2 Å². The number of alkyl halides is 3. The third-order valence-electron chi connectivity index (χ3n) is 3.33. The van der Waals surface area contributed by atoms with Crippen molar-refractivity contribution in [3.8, 4) is 11.3 Å². The van der Waals surface area contributed by atoms with Gasteiger partial charge in [0.1, 0.15) is 0 Å². The van der Waals surface area contributed by atoms with Gasteiger partial charge in [0.05, 0.1) is 30.2 Å². The van der Waals surface area contributed by atoms with Crippen molar-refractivity contribution < 1.29 is 17.9 Å². The van der Waals surface area contributed by atoms with Gasteiger partial charge in [-0.05, 0) is 6.07 Å². The van der Waals surface area contributed by atoms with E-state index in [1.54, 1.807) is 16.3 Å². The average molecular weight is 313 g/mol. The Labute approximate surface area is 124 Å². The number of aromatic nitrogens is 1. The van der Waals surface area contributed by atoms with Gasteiger partial charge < -0.3 is 9.64 Å². The Balaban J connectivity index is 2.15. The van der Waals surface area contributed by atoms with Crippen molar-refractivity contribution in [1.82, 2.24) is 4.98 Å². The molecule has 0 bridgehead atoms. The molecule has 2 heterocycles. The maximum Gasteiger partial charge on any atom is 0.418 e. The Morgan fingerprint density at radius 3 is 2.62 bits per heavy atom. The van der Waals surface area contributed by atoms with E-state index in [2.05, 4.69) is 10.5 Å². The maximum absolute atomic E-state index is 13.3. The summed E-state index contributed by atoms with van der Waals surface area (Å²) in [4.78, 5) is 5.76. The third kappa shape index (κ3) is 2.89. The summed E-state index contributed by atoms with van der Waals surface area (Å²) in [5.41, 5.74) is 3.25. The van der Waals surface area contributed by atoms with Crippen LogP contribution in [0.15, 0.2) is 23.6 Å². The van der Waals surface area contributed by atoms with Crippen LogP contribution in [0.25, 0.3) is 11.3 Å². The van der Waals surface area contributed by atoms with Crippen molar-refractivity contribution >= 4 is 17.0 Å². The molecule has 0 saturated carbocycles. The lowest BCUT2D eigenvalue weighted by Gasteiger charge is -2.32. The molecule has 7 heteroatoms. The zero-order valence-electron chi connectivity index (χ0n) is 11.0. The monoisotopic (exact) mass is 313 g/mol. The van der Waals surface area contributed by atoms with E-state index >= 15 is 0 Å². The van der Waals surface area contributed by atoms with Crippen LogP contribution < -0.4 is 4.90 Å². The van der Waals surface area contributed by atoms with Crippen LogP contribution >= 0.6 is 11.3 Å². The minimum Gasteiger partial charge on any atom is -0.378 e. The zero-order valence-corrected chi connectivity index (χ0v) is 11.8. The minimum absolute atomic E-state index is 0.188. The van der Waals surface area contributed by atoms with E-state index in [4.69, 9.17) is 4.74 Å². The van der Waals surface area contributed by atoms with Crippen LogP contribution in [0.4, 0.5) is 18.9 Å². The second kappa shape index (κ2) is 5.65. The number of thiazole rings is 1. The first-order chi connectivity index (χ1) is 10.1. The quantitative estimate of drug-likeness (QED) is 0.849. The lowest BCUT2D eigenvalue weighted by Crippen LogP contribution is -2.37. The molecule has 0 aliphatic carbocycles. The van der Waals surface area contributed by atoms with Crippen LogP contribution in [-0.4, -0.2) is 31.3 Å². The van der Waals surface area contributed by atoms with Gasteiger partial charge in [0.25, 0.3) is 0 Å². The average Bonchev–Trinajstić information content (AvgIpc) is 3.00. The number of morpholine rings is 1. The number of hydrogen-bond donors (Lipinski definition) is 0. The second-order valence-electron chi connectivity index (χ2n) is 4.62. The van der Waals surface area contributed by atoms with Crippen molar-refractivity contribution in [3.05, 3.63) is 34.7 Å². The molecule has 1 aliphatic heterocycles. The number of anilines is 1. The molecule has 3 rings (SSSR count). The summed E-state index contributed by atoms with van der Waals surface area (Å²) < 4.78 is 45.3. The number of halogens is 3. The number of hydrogen-bond acceptors (Lipinski definition) is 4. The molecule has 0 spiro atoms. The number of rotatable bonds is 2. The highest BCUT2D eigenvalue weighted by Gasteiger charge is 2.36. The van der Waals surface area contributed by atoms with Gasteiger partial charge in [-0.2, -0.15) is 13.2 Å². The largest absolute Gasteiger partial charge is 0.418 e. The summed E-state index contributed by atoms with van der Waals surface area (Å²) in [5.74, 6) is 0. The van der Waals surface area contributed by atoms with Crippen LogP contribution in [0.2, 0.25) is 0 Å². The number of ether oxygens (including phenoxy) is 1. The summed E-state index contributed by atoms with van der Waals surface area (Å²) in [6.45, 7) is 1.73. The first-order valence-electron chi connectivity index (χ1n) is 6.42. The van der Waals surface area contributed by atoms with E-state index < -0.39 is 11.7 Å². The highest BCUT2D eigenvalue weighted by atomic mass is 32.1. The molecule has 0 unspecified atom stereocenters. The summed E-state index contributed by atoms with van der Waals surface area (Å²) in [6, 6.07) is 4.20. The highest BCUT2D eigenvalue weighted by Crippen LogP contribution is 2.42. The molecule has 1 fully saturated rings. The van der Waals surface area contributed by atoms with Crippen LogP contribution in [0, 0.1) is 5.51 Å². The van der Waals surface area contributed by atoms with Crippen LogP contribution in [0.5, 0.6) is 0 Å². The van der Waals surface area contributed by atoms with Crippen LogP contribution in [0.1, 0.15) is 5.56 Å². The Kier molecular flexibility index (Phi) is 3.86. The normalized spacial score (nSPS) is 16.2. The first-order valence-corrected chi connectivity index (χ1v) is 7.30. The standard InChI is InChI=1S/C14H12F3N2OS/c15-14(16,17)11-3-1-2-10(12-8-21-9-18-12)13(11)19-4-6-20-7-5-19/h1-3,8H,4-7H2. The van der Waals surface area contributed by atoms with Gasteiger partial charge in [0.2, 0.25) is 0 Å². The van der Waals surface area contributed by atoms with E-state index in [1.165, 1.54) is 17.4 Å². The van der Waals surface area contributed by atoms with Crippen LogP contribution in [0.3, 0.4) is 0 Å². The van der Waals surface area contributed by atoms with Crippen molar-refractivity contribution in [2.45, 2.75) is 6.18 Å². The van der Waals surface area contributed by atoms with Gasteiger partial charge >= 0.3 is 6.18 Å². The molecule has 21 heavy (non-hydrogen) atoms. The lowest BCUT2D eigenvalue weighted by atomic mass is 10.0. The van der Waals surface area contributed by atoms with Gasteiger partial charge in [-0.3, -0.25) is 0 Å². The Hall–Kier alpha value is -1.60. The topological polar surface area (TPSA) is 25.4 Å². The minimum atomic E-state index is -4.40. The SMILES string of the molecule is FC(F)(F)c1cccc(-c2cs[c]n2)c1N1CCOCC1. The second-order valence-corrected chi connectivity index (χ2v) is 5.28. The van der Waals surface area contributed by atoms with Gasteiger partial charge in [-0.1, -0.05) is 12.1 Å². The van der Waals surface area contributed by atoms with Crippen LogP contribution in [-0.2, 0) is 10.9 Å². The van der Waals surface area contributed by atoms with Gasteiger partial charge in [-0.15, -0.1) is 11.3 Å². The maximum atomic E-state index is 13.3. The summed E-state index contributed by atoms with van der Waals surface area (Å²) in [5, 5.41) is 1.71. The number of nitrogens with zero attached hydrogens (tertiary/aromatic N) is 2. The molecule has 1 aromatic heterocycles. The first kappa shape index (κ1) is 14.3. The van der Waals surface area contributed by atoms with Gasteiger partial charge in [0.15, 0.2) is 5.51 Å². The lowest BCUT2D eigenvalue weighted by molar-refractivity contribution is -0.137. The molecule has 3 nitrogen and oxygen atoms in total. The number of benzene rings is 1. The van der Waals surface area contributed by atoms with Gasteiger partial charge in [-0.25, -0.2) is 4.98 Å². The predicted octanol–water partition coefficient (Wildman–Crippen LogP) is 3.47. The fourth-order valence-electron chi connectivity index (χ4n) is 2.41. The Morgan fingerprint density at radius 2 is 2.00 bits per heavy atom. The van der Waals surface area contributed by atoms with Crippen molar-refractivity contribution in [2.24, 2.45) is 0 Å². The summed E-state index contributed by atoms with van der Waals surface area (Å²) in [7, 11) is 0. The predicted molar refractivity (Wildman–Crippen MR) is 74.4 cm³/mol. The smallest absolute Gasteiger partial charge is 0.378 e. The van der Waals surface area contributed by atoms with Crippen molar-refractivity contribution in [3.63, 3.8) is 0 Å². The molecule has 0 atom stereocenters. The Morgan fingerprint density at radius 1 is 1.24 bits per heavy atom. The van der Waals surface area contributed by atoms with E-state index in [1.807, 2.05) is 0 Å². The molecular weight excluding hydrogens is 301 g/mol. The molecule has 111 valence electrons. The molecule has 2 aromatic rings. The van der Waals surface area contributed by atoms with E-state index in [0.717, 1.165) is 6.07 Å². The zero-order chi connectivity index (χ0) is 14.9. The third-order valence-corrected chi connectivity index (χ3v) is 3.87. The van der Waals surface area contributed by atoms with Gasteiger partial charge in [0, 0.05) is 24.0 Å². The molecule has 1 aliphatic rings. The molecule has 0 amide bonds. The highest BCUT2D eigenvalue weighted by molar-refractivity contribution is 7.07. The van der Waals surface area contributed by atoms with E-state index in [-0.39, 0.29) is 5.69 Å². The van der Waals surface area contributed by atoms with E-state index in [0.29, 0.717) is 37.6 Å². The Bertz CT molecular complexity index is 607. The number of para-hydroxylation sites is 1. The summed E-state index contributed by atoms with van der Waals surface area (Å²) >= 11 is 1.24. The molecule has 1 saturated heterocycles. The summed E-state index contributed by atoms with van der Waals surface area (Å²) in [6.07, 6.45) is -4.40. The molecule has 1 aromatic carbocycles. The molecule has 0 N–H and O–H groups in total. The van der Waals surface area contributed by atoms with E-state index in [9.17, 15) is 13.2 Å². The van der Waals surface area contributed by atoms with Crippen molar-refractivity contribution in [1.29, 1.82) is 0 Å². The molecular formula is C14H12F3N2OS.